The molecule has 1 fully saturated rings. The first-order chi connectivity index (χ1) is 9.61. The van der Waals surface area contributed by atoms with Gasteiger partial charge in [-0.25, -0.2) is 4.79 Å². The van der Waals surface area contributed by atoms with E-state index >= 15 is 0 Å². The Labute approximate surface area is 114 Å². The molecule has 20 heavy (non-hydrogen) atoms. The number of amides is 1. The molecular weight excluding hydrogens is 262 g/mol. The van der Waals surface area contributed by atoms with Crippen LogP contribution in [-0.2, 0) is 4.79 Å². The monoisotopic (exact) mass is 275 g/mol. The highest BCUT2D eigenvalue weighted by molar-refractivity contribution is 5.92. The molecule has 0 spiro atoms. The third-order valence-electron chi connectivity index (χ3n) is 2.98. The van der Waals surface area contributed by atoms with Gasteiger partial charge in [-0.2, -0.15) is 4.98 Å². The third kappa shape index (κ3) is 2.71. The first-order valence-electron chi connectivity index (χ1n) is 6.29. The first-order valence-corrected chi connectivity index (χ1v) is 6.29. The molecule has 3 rings (SSSR count). The Morgan fingerprint density at radius 2 is 2.20 bits per heavy atom. The van der Waals surface area contributed by atoms with E-state index in [1.807, 2.05) is 0 Å². The van der Waals surface area contributed by atoms with Crippen LogP contribution in [0.5, 0.6) is 0 Å². The fourth-order valence-electron chi connectivity index (χ4n) is 1.80. The molecule has 0 unspecified atom stereocenters. The molecule has 1 amide bonds. The number of carboxylic acid groups (broad SMARTS) is 1. The Bertz CT molecular complexity index is 675. The summed E-state index contributed by atoms with van der Waals surface area (Å²) in [4.78, 5) is 26.5. The number of fused-ring (bicyclic) bond motifs is 1. The molecule has 2 aromatic rings. The summed E-state index contributed by atoms with van der Waals surface area (Å²) in [5.41, 5.74) is 1.04. The van der Waals surface area contributed by atoms with E-state index in [-0.39, 0.29) is 24.0 Å². The number of anilines is 1. The van der Waals surface area contributed by atoms with Crippen molar-refractivity contribution in [2.45, 2.75) is 18.9 Å². The van der Waals surface area contributed by atoms with Crippen LogP contribution < -0.4 is 10.6 Å². The molecular formula is C13H13N3O4. The normalized spacial score (nSPS) is 14.2. The highest BCUT2D eigenvalue weighted by Crippen LogP contribution is 2.20. The summed E-state index contributed by atoms with van der Waals surface area (Å²) in [7, 11) is 0. The van der Waals surface area contributed by atoms with Gasteiger partial charge in [-0.05, 0) is 31.0 Å². The molecule has 7 nitrogen and oxygen atoms in total. The topological polar surface area (TPSA) is 104 Å². The minimum absolute atomic E-state index is 0.0785. The van der Waals surface area contributed by atoms with Gasteiger partial charge in [-0.3, -0.25) is 4.79 Å². The van der Waals surface area contributed by atoms with E-state index in [1.165, 1.54) is 12.1 Å². The van der Waals surface area contributed by atoms with Crippen LogP contribution in [0.1, 0.15) is 23.2 Å². The number of nitrogens with zero attached hydrogens (tertiary/aromatic N) is 1. The van der Waals surface area contributed by atoms with Crippen LogP contribution in [0, 0.1) is 0 Å². The maximum absolute atomic E-state index is 11.5. The van der Waals surface area contributed by atoms with Crippen LogP contribution in [0.2, 0.25) is 0 Å². The summed E-state index contributed by atoms with van der Waals surface area (Å²) >= 11 is 0. The maximum Gasteiger partial charge on any atom is 0.335 e. The van der Waals surface area contributed by atoms with Gasteiger partial charge < -0.3 is 20.2 Å². The van der Waals surface area contributed by atoms with Gasteiger partial charge in [0.05, 0.1) is 12.1 Å². The lowest BCUT2D eigenvalue weighted by Gasteiger charge is -2.02. The highest BCUT2D eigenvalue weighted by Gasteiger charge is 2.23. The minimum Gasteiger partial charge on any atom is -0.478 e. The van der Waals surface area contributed by atoms with Gasteiger partial charge >= 0.3 is 5.97 Å². The van der Waals surface area contributed by atoms with Crippen molar-refractivity contribution in [3.8, 4) is 0 Å². The lowest BCUT2D eigenvalue weighted by Crippen LogP contribution is -2.31. The number of hydrogen-bond donors (Lipinski definition) is 3. The molecule has 1 saturated carbocycles. The zero-order chi connectivity index (χ0) is 14.1. The average molecular weight is 275 g/mol. The molecule has 3 N–H and O–H groups in total. The van der Waals surface area contributed by atoms with E-state index < -0.39 is 5.97 Å². The zero-order valence-electron chi connectivity index (χ0n) is 10.5. The van der Waals surface area contributed by atoms with Crippen molar-refractivity contribution in [1.82, 2.24) is 10.3 Å². The predicted molar refractivity (Wildman–Crippen MR) is 70.6 cm³/mol. The molecule has 1 heterocycles. The highest BCUT2D eigenvalue weighted by atomic mass is 16.4. The summed E-state index contributed by atoms with van der Waals surface area (Å²) in [5, 5.41) is 14.5. The molecule has 1 aromatic heterocycles. The van der Waals surface area contributed by atoms with Crippen molar-refractivity contribution in [3.05, 3.63) is 23.8 Å². The van der Waals surface area contributed by atoms with E-state index in [0.29, 0.717) is 17.1 Å². The van der Waals surface area contributed by atoms with Gasteiger partial charge in [0.1, 0.15) is 5.52 Å². The quantitative estimate of drug-likeness (QED) is 0.757. The van der Waals surface area contributed by atoms with Crippen molar-refractivity contribution < 1.29 is 19.1 Å². The van der Waals surface area contributed by atoms with E-state index in [2.05, 4.69) is 15.6 Å². The molecule has 1 aromatic carbocycles. The number of benzene rings is 1. The summed E-state index contributed by atoms with van der Waals surface area (Å²) in [6.45, 7) is 0.0785. The number of carbonyl (C=O) groups excluding carboxylic acids is 1. The molecule has 0 saturated heterocycles. The zero-order valence-corrected chi connectivity index (χ0v) is 10.5. The number of carboxylic acids is 1. The second-order valence-corrected chi connectivity index (χ2v) is 4.70. The standard InChI is InChI=1S/C13H13N3O4/c17-11(15-8-2-3-8)6-14-13-16-9-4-1-7(12(18)19)5-10(9)20-13/h1,4-5,8H,2-3,6H2,(H,14,16)(H,15,17)(H,18,19). The van der Waals surface area contributed by atoms with Gasteiger partial charge in [0.15, 0.2) is 5.58 Å². The van der Waals surface area contributed by atoms with Crippen LogP contribution in [0.3, 0.4) is 0 Å². The summed E-state index contributed by atoms with van der Waals surface area (Å²) in [6.07, 6.45) is 2.07. The number of aromatic nitrogens is 1. The first kappa shape index (κ1) is 12.5. The summed E-state index contributed by atoms with van der Waals surface area (Å²) < 4.78 is 5.36. The van der Waals surface area contributed by atoms with Crippen LogP contribution in [-0.4, -0.2) is 34.6 Å². The van der Waals surface area contributed by atoms with Crippen molar-refractivity contribution in [1.29, 1.82) is 0 Å². The molecule has 0 bridgehead atoms. The van der Waals surface area contributed by atoms with Crippen LogP contribution in [0.25, 0.3) is 11.1 Å². The average Bonchev–Trinajstić information content (AvgIpc) is 3.12. The Balaban J connectivity index is 1.68. The number of oxazole rings is 1. The fourth-order valence-corrected chi connectivity index (χ4v) is 1.80. The number of aromatic carboxylic acids is 1. The Hall–Kier alpha value is -2.57. The molecule has 7 heteroatoms. The smallest absolute Gasteiger partial charge is 0.335 e. The molecule has 0 atom stereocenters. The van der Waals surface area contributed by atoms with Crippen LogP contribution in [0.4, 0.5) is 6.01 Å². The molecule has 0 radical (unpaired) electrons. The van der Waals surface area contributed by atoms with Gasteiger partial charge in [-0.1, -0.05) is 0 Å². The van der Waals surface area contributed by atoms with Crippen molar-refractivity contribution in [2.24, 2.45) is 0 Å². The fraction of sp³-hybridized carbons (Fsp3) is 0.308. The van der Waals surface area contributed by atoms with Gasteiger partial charge in [0, 0.05) is 6.04 Å². The minimum atomic E-state index is -1.03. The van der Waals surface area contributed by atoms with E-state index in [9.17, 15) is 9.59 Å². The summed E-state index contributed by atoms with van der Waals surface area (Å²) in [6, 6.07) is 4.94. The van der Waals surface area contributed by atoms with Crippen LogP contribution in [0.15, 0.2) is 22.6 Å². The van der Waals surface area contributed by atoms with Gasteiger partial charge in [0.25, 0.3) is 6.01 Å². The lowest BCUT2D eigenvalue weighted by molar-refractivity contribution is -0.119. The number of rotatable bonds is 5. The number of carbonyl (C=O) groups is 2. The van der Waals surface area contributed by atoms with Gasteiger partial charge in [-0.15, -0.1) is 0 Å². The SMILES string of the molecule is O=C(CNc1nc2ccc(C(=O)O)cc2o1)NC1CC1. The molecule has 1 aliphatic carbocycles. The largest absolute Gasteiger partial charge is 0.478 e. The van der Waals surface area contributed by atoms with Crippen molar-refractivity contribution in [2.75, 3.05) is 11.9 Å². The lowest BCUT2D eigenvalue weighted by atomic mass is 10.2. The van der Waals surface area contributed by atoms with E-state index in [1.54, 1.807) is 6.07 Å². The molecule has 1 aliphatic rings. The van der Waals surface area contributed by atoms with E-state index in [4.69, 9.17) is 9.52 Å². The van der Waals surface area contributed by atoms with Crippen molar-refractivity contribution >= 4 is 29.0 Å². The van der Waals surface area contributed by atoms with Crippen molar-refractivity contribution in [3.63, 3.8) is 0 Å². The maximum atomic E-state index is 11.5. The Morgan fingerprint density at radius 3 is 2.90 bits per heavy atom. The Kier molecular flexibility index (Phi) is 3.02. The number of nitrogens with one attached hydrogen (secondary N) is 2. The summed E-state index contributed by atoms with van der Waals surface area (Å²) in [5.74, 6) is -1.14. The third-order valence-corrected chi connectivity index (χ3v) is 2.98. The van der Waals surface area contributed by atoms with E-state index in [0.717, 1.165) is 12.8 Å². The van der Waals surface area contributed by atoms with Gasteiger partial charge in [0.2, 0.25) is 5.91 Å². The molecule has 104 valence electrons. The second-order valence-electron chi connectivity index (χ2n) is 4.70. The number of hydrogen-bond acceptors (Lipinski definition) is 5. The van der Waals surface area contributed by atoms with Crippen LogP contribution >= 0.6 is 0 Å². The molecule has 0 aliphatic heterocycles. The Morgan fingerprint density at radius 1 is 1.40 bits per heavy atom. The predicted octanol–water partition coefficient (Wildman–Crippen LogP) is 1.22. The second kappa shape index (κ2) is 4.84.